The van der Waals surface area contributed by atoms with Crippen molar-refractivity contribution in [3.63, 3.8) is 0 Å². The molecule has 4 rings (SSSR count). The van der Waals surface area contributed by atoms with Crippen LogP contribution in [0.3, 0.4) is 0 Å². The smallest absolute Gasteiger partial charge is 0.259 e. The first-order chi connectivity index (χ1) is 15.0. The van der Waals surface area contributed by atoms with Gasteiger partial charge in [-0.1, -0.05) is 5.16 Å². The number of carbonyl (C=O) groups is 2. The zero-order valence-electron chi connectivity index (χ0n) is 17.3. The van der Waals surface area contributed by atoms with Gasteiger partial charge >= 0.3 is 0 Å². The zero-order chi connectivity index (χ0) is 22.0. The zero-order valence-corrected chi connectivity index (χ0v) is 17.3. The van der Waals surface area contributed by atoms with Crippen molar-refractivity contribution in [2.24, 2.45) is 0 Å². The molecular formula is C23H22FN3O4. The second kappa shape index (κ2) is 8.59. The Bertz CT molecular complexity index is 1090. The molecule has 1 saturated heterocycles. The van der Waals surface area contributed by atoms with Gasteiger partial charge in [0.25, 0.3) is 11.8 Å². The van der Waals surface area contributed by atoms with E-state index in [1.165, 1.54) is 12.1 Å². The SMILES string of the molecule is COc1ccc(C(=O)N2CCN(C(=O)c3c(-c4ccc(F)cc4)noc3C)CC2)cc1. The first-order valence-electron chi connectivity index (χ1n) is 9.92. The molecule has 0 spiro atoms. The Morgan fingerprint density at radius 1 is 0.935 bits per heavy atom. The Labute approximate surface area is 179 Å². The van der Waals surface area contributed by atoms with Crippen LogP contribution >= 0.6 is 0 Å². The summed E-state index contributed by atoms with van der Waals surface area (Å²) < 4.78 is 23.7. The maximum Gasteiger partial charge on any atom is 0.259 e. The van der Waals surface area contributed by atoms with Gasteiger partial charge in [-0.2, -0.15) is 0 Å². The summed E-state index contributed by atoms with van der Waals surface area (Å²) in [5, 5.41) is 4.01. The molecule has 0 aliphatic carbocycles. The van der Waals surface area contributed by atoms with Crippen molar-refractivity contribution in [3.05, 3.63) is 71.2 Å². The lowest BCUT2D eigenvalue weighted by Gasteiger charge is -2.34. The number of methoxy groups -OCH3 is 1. The monoisotopic (exact) mass is 423 g/mol. The van der Waals surface area contributed by atoms with E-state index in [4.69, 9.17) is 9.26 Å². The Morgan fingerprint density at radius 2 is 1.52 bits per heavy atom. The van der Waals surface area contributed by atoms with Crippen LogP contribution in [0.1, 0.15) is 26.5 Å². The largest absolute Gasteiger partial charge is 0.497 e. The van der Waals surface area contributed by atoms with Gasteiger partial charge < -0.3 is 19.1 Å². The average Bonchev–Trinajstić information content (AvgIpc) is 3.20. The number of amides is 2. The molecule has 2 amide bonds. The third-order valence-electron chi connectivity index (χ3n) is 5.39. The lowest BCUT2D eigenvalue weighted by molar-refractivity contribution is 0.0534. The fraction of sp³-hybridized carbons (Fsp3) is 0.261. The van der Waals surface area contributed by atoms with Crippen LogP contribution in [0.15, 0.2) is 53.1 Å². The van der Waals surface area contributed by atoms with E-state index in [0.717, 1.165) is 0 Å². The molecule has 1 aliphatic rings. The second-order valence-electron chi connectivity index (χ2n) is 7.28. The number of hydrogen-bond acceptors (Lipinski definition) is 5. The Morgan fingerprint density at radius 3 is 2.10 bits per heavy atom. The number of carbonyl (C=O) groups excluding carboxylic acids is 2. The van der Waals surface area contributed by atoms with E-state index in [1.54, 1.807) is 60.2 Å². The van der Waals surface area contributed by atoms with E-state index in [2.05, 4.69) is 5.16 Å². The highest BCUT2D eigenvalue weighted by molar-refractivity contribution is 6.01. The predicted octanol–water partition coefficient (Wildman–Crippen LogP) is 3.40. The summed E-state index contributed by atoms with van der Waals surface area (Å²) in [5.74, 6) is 0.432. The molecule has 1 aliphatic heterocycles. The molecule has 0 unspecified atom stereocenters. The molecule has 0 N–H and O–H groups in total. The normalized spacial score (nSPS) is 13.9. The molecule has 160 valence electrons. The molecule has 1 fully saturated rings. The summed E-state index contributed by atoms with van der Waals surface area (Å²) in [6.45, 7) is 3.32. The molecule has 2 aromatic carbocycles. The first kappa shape index (κ1) is 20.6. The summed E-state index contributed by atoms with van der Waals surface area (Å²) in [7, 11) is 1.58. The van der Waals surface area contributed by atoms with Gasteiger partial charge in [-0.05, 0) is 55.5 Å². The molecule has 0 atom stereocenters. The van der Waals surface area contributed by atoms with Gasteiger partial charge in [-0.25, -0.2) is 4.39 Å². The standard InChI is InChI=1S/C23H22FN3O4/c1-15-20(21(25-31-15)16-3-7-18(24)8-4-16)23(29)27-13-11-26(12-14-27)22(28)17-5-9-19(30-2)10-6-17/h3-10H,11-14H2,1-2H3. The quantitative estimate of drug-likeness (QED) is 0.643. The highest BCUT2D eigenvalue weighted by atomic mass is 19.1. The van der Waals surface area contributed by atoms with Crippen LogP contribution in [0.2, 0.25) is 0 Å². The maximum atomic E-state index is 13.3. The Hall–Kier alpha value is -3.68. The Kier molecular flexibility index (Phi) is 5.70. The minimum Gasteiger partial charge on any atom is -0.497 e. The number of nitrogens with zero attached hydrogens (tertiary/aromatic N) is 3. The van der Waals surface area contributed by atoms with E-state index in [9.17, 15) is 14.0 Å². The van der Waals surface area contributed by atoms with Gasteiger partial charge in [0.15, 0.2) is 0 Å². The van der Waals surface area contributed by atoms with Crippen LogP contribution in [0.5, 0.6) is 5.75 Å². The molecule has 0 radical (unpaired) electrons. The maximum absolute atomic E-state index is 13.3. The highest BCUT2D eigenvalue weighted by Crippen LogP contribution is 2.27. The van der Waals surface area contributed by atoms with Crippen LogP contribution in [0.4, 0.5) is 4.39 Å². The molecule has 0 saturated carbocycles. The second-order valence-corrected chi connectivity index (χ2v) is 7.28. The van der Waals surface area contributed by atoms with E-state index in [-0.39, 0.29) is 17.6 Å². The molecule has 31 heavy (non-hydrogen) atoms. The molecule has 7 nitrogen and oxygen atoms in total. The predicted molar refractivity (Wildman–Crippen MR) is 111 cm³/mol. The summed E-state index contributed by atoms with van der Waals surface area (Å²) in [4.78, 5) is 29.4. The van der Waals surface area contributed by atoms with E-state index in [0.29, 0.717) is 60.1 Å². The summed E-state index contributed by atoms with van der Waals surface area (Å²) in [6.07, 6.45) is 0. The van der Waals surface area contributed by atoms with Crippen LogP contribution in [-0.4, -0.2) is 60.1 Å². The van der Waals surface area contributed by atoms with Gasteiger partial charge in [0.05, 0.1) is 7.11 Å². The number of hydrogen-bond donors (Lipinski definition) is 0. The minimum atomic E-state index is -0.366. The van der Waals surface area contributed by atoms with Crippen molar-refractivity contribution >= 4 is 11.8 Å². The fourth-order valence-corrected chi connectivity index (χ4v) is 3.62. The third-order valence-corrected chi connectivity index (χ3v) is 5.39. The van der Waals surface area contributed by atoms with Crippen molar-refractivity contribution in [2.75, 3.05) is 33.3 Å². The number of aryl methyl sites for hydroxylation is 1. The first-order valence-corrected chi connectivity index (χ1v) is 9.92. The van der Waals surface area contributed by atoms with E-state index < -0.39 is 0 Å². The molecule has 1 aromatic heterocycles. The van der Waals surface area contributed by atoms with Crippen LogP contribution in [0, 0.1) is 12.7 Å². The van der Waals surface area contributed by atoms with Gasteiger partial charge in [-0.3, -0.25) is 9.59 Å². The molecule has 0 bridgehead atoms. The molecule has 3 aromatic rings. The van der Waals surface area contributed by atoms with Crippen molar-refractivity contribution < 1.29 is 23.2 Å². The lowest BCUT2D eigenvalue weighted by Crippen LogP contribution is -2.50. The van der Waals surface area contributed by atoms with Crippen LogP contribution in [-0.2, 0) is 0 Å². The third kappa shape index (κ3) is 4.14. The number of rotatable bonds is 4. The number of ether oxygens (including phenoxy) is 1. The molecule has 8 heteroatoms. The van der Waals surface area contributed by atoms with Gasteiger partial charge in [-0.15, -0.1) is 0 Å². The topological polar surface area (TPSA) is 75.9 Å². The summed E-state index contributed by atoms with van der Waals surface area (Å²) in [6, 6.07) is 12.7. The lowest BCUT2D eigenvalue weighted by atomic mass is 10.0. The van der Waals surface area contributed by atoms with E-state index in [1.807, 2.05) is 0 Å². The molecule has 2 heterocycles. The van der Waals surface area contributed by atoms with Gasteiger partial charge in [0, 0.05) is 37.3 Å². The number of aromatic nitrogens is 1. The fourth-order valence-electron chi connectivity index (χ4n) is 3.62. The van der Waals surface area contributed by atoms with Crippen LogP contribution in [0.25, 0.3) is 11.3 Å². The minimum absolute atomic E-state index is 0.0806. The van der Waals surface area contributed by atoms with Gasteiger partial charge in [0.1, 0.15) is 28.6 Å². The number of halogens is 1. The highest BCUT2D eigenvalue weighted by Gasteiger charge is 2.30. The average molecular weight is 423 g/mol. The summed E-state index contributed by atoms with van der Waals surface area (Å²) in [5.41, 5.74) is 1.93. The van der Waals surface area contributed by atoms with E-state index >= 15 is 0 Å². The van der Waals surface area contributed by atoms with Crippen LogP contribution < -0.4 is 4.74 Å². The molecular weight excluding hydrogens is 401 g/mol. The Balaban J connectivity index is 1.46. The van der Waals surface area contributed by atoms with Crippen molar-refractivity contribution in [3.8, 4) is 17.0 Å². The number of piperazine rings is 1. The summed E-state index contributed by atoms with van der Waals surface area (Å²) >= 11 is 0. The van der Waals surface area contributed by atoms with Crippen molar-refractivity contribution in [1.29, 1.82) is 0 Å². The van der Waals surface area contributed by atoms with Crippen molar-refractivity contribution in [1.82, 2.24) is 15.0 Å². The number of benzene rings is 2. The van der Waals surface area contributed by atoms with Crippen molar-refractivity contribution in [2.45, 2.75) is 6.92 Å². The van der Waals surface area contributed by atoms with Gasteiger partial charge in [0.2, 0.25) is 0 Å².